The fourth-order valence-corrected chi connectivity index (χ4v) is 3.79. The summed E-state index contributed by atoms with van der Waals surface area (Å²) in [4.78, 5) is 6.40. The number of nitrogens with one attached hydrogen (secondary N) is 2. The highest BCUT2D eigenvalue weighted by atomic mass is 32.2. The molecule has 0 aromatic heterocycles. The molecule has 0 amide bonds. The molecule has 1 aromatic carbocycles. The van der Waals surface area contributed by atoms with Gasteiger partial charge in [0.15, 0.2) is 5.96 Å². The minimum absolute atomic E-state index is 0.00813. The number of benzene rings is 1. The lowest BCUT2D eigenvalue weighted by Gasteiger charge is -2.21. The third kappa shape index (κ3) is 6.64. The smallest absolute Gasteiger partial charge is 0.213 e. The number of sulfonamides is 1. The summed E-state index contributed by atoms with van der Waals surface area (Å²) in [7, 11) is 0.0952. The van der Waals surface area contributed by atoms with Crippen molar-refractivity contribution in [3.05, 3.63) is 35.9 Å². The number of rotatable bonds is 8. The van der Waals surface area contributed by atoms with Crippen molar-refractivity contribution < 1.29 is 13.2 Å². The van der Waals surface area contributed by atoms with E-state index in [1.54, 1.807) is 14.2 Å². The molecule has 1 unspecified atom stereocenters. The summed E-state index contributed by atoms with van der Waals surface area (Å²) in [5.74, 6) is 1.26. The third-order valence-corrected chi connectivity index (χ3v) is 5.52. The minimum atomic E-state index is -3.33. The van der Waals surface area contributed by atoms with Gasteiger partial charge in [0, 0.05) is 46.3 Å². The minimum Gasteiger partial charge on any atom is -0.384 e. The predicted octanol–water partition coefficient (Wildman–Crippen LogP) is 0.650. The van der Waals surface area contributed by atoms with E-state index in [0.717, 1.165) is 37.6 Å². The van der Waals surface area contributed by atoms with Crippen LogP contribution in [0.15, 0.2) is 35.3 Å². The second-order valence-corrected chi connectivity index (χ2v) is 8.08. The summed E-state index contributed by atoms with van der Waals surface area (Å²) in [6.07, 6.45) is 1.06. The number of likely N-dealkylation sites (tertiary alicyclic amines) is 1. The van der Waals surface area contributed by atoms with Gasteiger partial charge in [-0.05, 0) is 12.0 Å². The zero-order chi connectivity index (χ0) is 18.1. The van der Waals surface area contributed by atoms with Crippen LogP contribution in [-0.4, -0.2) is 65.4 Å². The van der Waals surface area contributed by atoms with E-state index in [0.29, 0.717) is 19.0 Å². The van der Waals surface area contributed by atoms with Crippen molar-refractivity contribution in [2.24, 2.45) is 10.9 Å². The number of ether oxygens (including phenoxy) is 1. The van der Waals surface area contributed by atoms with Gasteiger partial charge in [-0.15, -0.1) is 0 Å². The van der Waals surface area contributed by atoms with E-state index in [9.17, 15) is 8.42 Å². The SMILES string of the molecule is CN=C(NCCS(=O)(=O)NCc1ccccc1)N1CCC(COC)C1. The maximum atomic E-state index is 12.1. The molecule has 2 N–H and O–H groups in total. The lowest BCUT2D eigenvalue weighted by atomic mass is 10.1. The lowest BCUT2D eigenvalue weighted by Crippen LogP contribution is -2.43. The Morgan fingerprint density at radius 3 is 2.80 bits per heavy atom. The third-order valence-electron chi connectivity index (χ3n) is 4.19. The van der Waals surface area contributed by atoms with Crippen molar-refractivity contribution in [3.63, 3.8) is 0 Å². The van der Waals surface area contributed by atoms with Crippen LogP contribution in [0.2, 0.25) is 0 Å². The Labute approximate surface area is 150 Å². The Morgan fingerprint density at radius 2 is 2.12 bits per heavy atom. The molecule has 0 bridgehead atoms. The predicted molar refractivity (Wildman–Crippen MR) is 100.0 cm³/mol. The quantitative estimate of drug-likeness (QED) is 0.520. The number of hydrogen-bond acceptors (Lipinski definition) is 4. The van der Waals surface area contributed by atoms with Gasteiger partial charge in [0.2, 0.25) is 10.0 Å². The van der Waals surface area contributed by atoms with Gasteiger partial charge in [0.05, 0.1) is 12.4 Å². The molecule has 0 radical (unpaired) electrons. The molecule has 1 aliphatic heterocycles. The molecule has 2 rings (SSSR count). The van der Waals surface area contributed by atoms with Crippen molar-refractivity contribution in [2.45, 2.75) is 13.0 Å². The van der Waals surface area contributed by atoms with E-state index in [4.69, 9.17) is 4.74 Å². The van der Waals surface area contributed by atoms with Crippen LogP contribution in [0.5, 0.6) is 0 Å². The number of methoxy groups -OCH3 is 1. The summed E-state index contributed by atoms with van der Waals surface area (Å²) in [6.45, 7) is 3.16. The second-order valence-electron chi connectivity index (χ2n) is 6.16. The Kier molecular flexibility index (Phi) is 7.67. The van der Waals surface area contributed by atoms with Gasteiger partial charge >= 0.3 is 0 Å². The molecule has 8 heteroatoms. The van der Waals surface area contributed by atoms with Gasteiger partial charge in [-0.3, -0.25) is 4.99 Å². The molecule has 1 aromatic rings. The lowest BCUT2D eigenvalue weighted by molar-refractivity contribution is 0.157. The summed E-state index contributed by atoms with van der Waals surface area (Å²) in [5, 5.41) is 3.14. The highest BCUT2D eigenvalue weighted by Gasteiger charge is 2.24. The van der Waals surface area contributed by atoms with Gasteiger partial charge in [-0.25, -0.2) is 13.1 Å². The first-order chi connectivity index (χ1) is 12.0. The topological polar surface area (TPSA) is 83.0 Å². The maximum absolute atomic E-state index is 12.1. The van der Waals surface area contributed by atoms with E-state index in [-0.39, 0.29) is 5.75 Å². The van der Waals surface area contributed by atoms with Gasteiger partial charge in [-0.2, -0.15) is 0 Å². The first-order valence-electron chi connectivity index (χ1n) is 8.50. The fourth-order valence-electron chi connectivity index (χ4n) is 2.89. The molecule has 1 heterocycles. The van der Waals surface area contributed by atoms with Crippen molar-refractivity contribution in [2.75, 3.05) is 46.2 Å². The summed E-state index contributed by atoms with van der Waals surface area (Å²) in [5.41, 5.74) is 0.941. The van der Waals surface area contributed by atoms with Crippen LogP contribution < -0.4 is 10.0 Å². The molecule has 0 aliphatic carbocycles. The van der Waals surface area contributed by atoms with Gasteiger partial charge in [-0.1, -0.05) is 30.3 Å². The van der Waals surface area contributed by atoms with Crippen molar-refractivity contribution >= 4 is 16.0 Å². The maximum Gasteiger partial charge on any atom is 0.213 e. The summed E-state index contributed by atoms with van der Waals surface area (Å²) in [6, 6.07) is 9.48. The highest BCUT2D eigenvalue weighted by Crippen LogP contribution is 2.16. The Hall–Kier alpha value is -1.64. The van der Waals surface area contributed by atoms with Crippen LogP contribution in [0.3, 0.4) is 0 Å². The van der Waals surface area contributed by atoms with Crippen molar-refractivity contribution in [3.8, 4) is 0 Å². The molecule has 1 aliphatic rings. The Balaban J connectivity index is 1.74. The number of nitrogens with zero attached hydrogens (tertiary/aromatic N) is 2. The number of hydrogen-bond donors (Lipinski definition) is 2. The molecular weight excluding hydrogens is 340 g/mol. The molecule has 0 spiro atoms. The van der Waals surface area contributed by atoms with Crippen LogP contribution in [0.4, 0.5) is 0 Å². The van der Waals surface area contributed by atoms with Crippen molar-refractivity contribution in [1.82, 2.24) is 14.9 Å². The first-order valence-corrected chi connectivity index (χ1v) is 10.1. The van der Waals surface area contributed by atoms with Gasteiger partial charge < -0.3 is 15.0 Å². The van der Waals surface area contributed by atoms with Crippen LogP contribution in [0.1, 0.15) is 12.0 Å². The molecule has 1 fully saturated rings. The van der Waals surface area contributed by atoms with E-state index in [2.05, 4.69) is 19.9 Å². The Morgan fingerprint density at radius 1 is 1.36 bits per heavy atom. The normalized spacial score (nSPS) is 18.6. The van der Waals surface area contributed by atoms with E-state index in [1.807, 2.05) is 30.3 Å². The van der Waals surface area contributed by atoms with Crippen molar-refractivity contribution in [1.29, 1.82) is 0 Å². The molecule has 140 valence electrons. The first kappa shape index (κ1) is 19.7. The van der Waals surface area contributed by atoms with E-state index < -0.39 is 10.0 Å². The average Bonchev–Trinajstić information content (AvgIpc) is 3.07. The monoisotopic (exact) mass is 368 g/mol. The zero-order valence-corrected chi connectivity index (χ0v) is 15.8. The summed E-state index contributed by atoms with van der Waals surface area (Å²) < 4.78 is 32.0. The van der Waals surface area contributed by atoms with Gasteiger partial charge in [0.25, 0.3) is 0 Å². The molecule has 25 heavy (non-hydrogen) atoms. The van der Waals surface area contributed by atoms with E-state index in [1.165, 1.54) is 0 Å². The standard InChI is InChI=1S/C17H28N4O3S/c1-18-17(21-10-8-16(13-21)14-24-2)19-9-11-25(22,23)20-12-15-6-4-3-5-7-15/h3-7,16,20H,8-14H2,1-2H3,(H,18,19). The fraction of sp³-hybridized carbons (Fsp3) is 0.588. The van der Waals surface area contributed by atoms with Gasteiger partial charge in [0.1, 0.15) is 0 Å². The largest absolute Gasteiger partial charge is 0.384 e. The van der Waals surface area contributed by atoms with Crippen LogP contribution >= 0.6 is 0 Å². The summed E-state index contributed by atoms with van der Waals surface area (Å²) >= 11 is 0. The second kappa shape index (κ2) is 9.74. The number of aliphatic imine (C=N–C) groups is 1. The van der Waals surface area contributed by atoms with Crippen LogP contribution in [0, 0.1) is 5.92 Å². The highest BCUT2D eigenvalue weighted by molar-refractivity contribution is 7.89. The molecular formula is C17H28N4O3S. The molecule has 1 atom stereocenters. The molecule has 0 saturated carbocycles. The van der Waals surface area contributed by atoms with Crippen LogP contribution in [-0.2, 0) is 21.3 Å². The number of guanidine groups is 1. The van der Waals surface area contributed by atoms with E-state index >= 15 is 0 Å². The molecule has 1 saturated heterocycles. The Bertz CT molecular complexity index is 649. The average molecular weight is 369 g/mol. The van der Waals surface area contributed by atoms with Crippen LogP contribution in [0.25, 0.3) is 0 Å². The molecule has 7 nitrogen and oxygen atoms in total. The zero-order valence-electron chi connectivity index (χ0n) is 14.9.